The number of piperidine rings is 1. The fourth-order valence-corrected chi connectivity index (χ4v) is 4.38. The van der Waals surface area contributed by atoms with E-state index in [4.69, 9.17) is 0 Å². The highest BCUT2D eigenvalue weighted by atomic mass is 32.1. The van der Waals surface area contributed by atoms with Crippen LogP contribution in [0.1, 0.15) is 47.3 Å². The van der Waals surface area contributed by atoms with E-state index in [1.165, 1.54) is 17.8 Å². The Morgan fingerprint density at radius 1 is 1.47 bits per heavy atom. The maximum Gasteiger partial charge on any atom is 0.264 e. The highest BCUT2D eigenvalue weighted by molar-refractivity contribution is 7.12. The number of thiophene rings is 1. The summed E-state index contributed by atoms with van der Waals surface area (Å²) in [6, 6.07) is 2.00. The Bertz CT molecular complexity index is 484. The lowest BCUT2D eigenvalue weighted by atomic mass is 9.71. The molecule has 1 amide bonds. The Balaban J connectivity index is 1.74. The molecule has 2 aliphatic rings. The van der Waals surface area contributed by atoms with E-state index in [0.29, 0.717) is 6.54 Å². The van der Waals surface area contributed by atoms with Gasteiger partial charge in [0.1, 0.15) is 0 Å². The second kappa shape index (κ2) is 4.91. The topological polar surface area (TPSA) is 40.5 Å². The van der Waals surface area contributed by atoms with E-state index in [1.807, 2.05) is 23.3 Å². The number of hydrogen-bond donors (Lipinski definition) is 1. The molecule has 4 heteroatoms. The van der Waals surface area contributed by atoms with Crippen LogP contribution in [-0.4, -0.2) is 34.6 Å². The fraction of sp³-hybridized carbons (Fsp3) is 0.667. The minimum atomic E-state index is -0.500. The number of carbonyl (C=O) groups is 1. The van der Waals surface area contributed by atoms with Crippen molar-refractivity contribution in [3.63, 3.8) is 0 Å². The maximum absolute atomic E-state index is 12.5. The molecule has 1 aromatic heterocycles. The molecule has 104 valence electrons. The molecule has 19 heavy (non-hydrogen) atoms. The van der Waals surface area contributed by atoms with Crippen LogP contribution in [0.2, 0.25) is 0 Å². The summed E-state index contributed by atoms with van der Waals surface area (Å²) >= 11 is 1.53. The first-order valence-corrected chi connectivity index (χ1v) is 8.04. The first-order chi connectivity index (χ1) is 9.10. The molecule has 1 aliphatic heterocycles. The summed E-state index contributed by atoms with van der Waals surface area (Å²) in [6.45, 7) is 3.42. The van der Waals surface area contributed by atoms with E-state index in [-0.39, 0.29) is 11.8 Å². The summed E-state index contributed by atoms with van der Waals surface area (Å²) in [6.07, 6.45) is 5.03. The summed E-state index contributed by atoms with van der Waals surface area (Å²) in [5.41, 5.74) is 0.568. The monoisotopic (exact) mass is 279 g/mol. The highest BCUT2D eigenvalue weighted by Gasteiger charge is 2.43. The number of likely N-dealkylation sites (tertiary alicyclic amines) is 1. The minimum Gasteiger partial charge on any atom is -0.389 e. The van der Waals surface area contributed by atoms with Gasteiger partial charge in [-0.1, -0.05) is 12.8 Å². The van der Waals surface area contributed by atoms with E-state index >= 15 is 0 Å². The molecular formula is C15H21NO2S. The van der Waals surface area contributed by atoms with Crippen LogP contribution in [0.15, 0.2) is 11.4 Å². The molecule has 1 saturated heterocycles. The Kier molecular flexibility index (Phi) is 3.39. The van der Waals surface area contributed by atoms with Gasteiger partial charge in [0.25, 0.3) is 5.91 Å². The van der Waals surface area contributed by atoms with Crippen LogP contribution in [0.4, 0.5) is 0 Å². The number of hydrogen-bond acceptors (Lipinski definition) is 3. The van der Waals surface area contributed by atoms with Gasteiger partial charge in [-0.2, -0.15) is 0 Å². The summed E-state index contributed by atoms with van der Waals surface area (Å²) in [7, 11) is 0. The Morgan fingerprint density at radius 2 is 2.32 bits per heavy atom. The van der Waals surface area contributed by atoms with Crippen molar-refractivity contribution < 1.29 is 9.90 Å². The first-order valence-electron chi connectivity index (χ1n) is 7.16. The van der Waals surface area contributed by atoms with E-state index in [9.17, 15) is 9.90 Å². The molecule has 3 rings (SSSR count). The summed E-state index contributed by atoms with van der Waals surface area (Å²) in [4.78, 5) is 15.3. The van der Waals surface area contributed by atoms with Crippen molar-refractivity contribution in [2.45, 2.75) is 44.6 Å². The third kappa shape index (κ3) is 2.32. The molecule has 1 N–H and O–H groups in total. The molecule has 2 atom stereocenters. The van der Waals surface area contributed by atoms with Gasteiger partial charge in [-0.25, -0.2) is 0 Å². The largest absolute Gasteiger partial charge is 0.389 e. The SMILES string of the molecule is Cc1ccsc1C(=O)N1CCC2(O)CCCCC2C1. The normalized spacial score (nSPS) is 31.1. The van der Waals surface area contributed by atoms with Crippen molar-refractivity contribution in [1.29, 1.82) is 0 Å². The van der Waals surface area contributed by atoms with Crippen molar-refractivity contribution in [3.05, 3.63) is 21.9 Å². The zero-order valence-corrected chi connectivity index (χ0v) is 12.2. The average molecular weight is 279 g/mol. The molecule has 2 fully saturated rings. The maximum atomic E-state index is 12.5. The smallest absolute Gasteiger partial charge is 0.264 e. The second-order valence-corrected chi connectivity index (χ2v) is 6.90. The number of amides is 1. The van der Waals surface area contributed by atoms with Crippen LogP contribution in [0.5, 0.6) is 0 Å². The number of aryl methyl sites for hydroxylation is 1. The molecule has 0 aromatic carbocycles. The number of aliphatic hydroxyl groups is 1. The Labute approximate surface area is 118 Å². The van der Waals surface area contributed by atoms with Gasteiger partial charge in [0.2, 0.25) is 0 Å². The van der Waals surface area contributed by atoms with Crippen LogP contribution >= 0.6 is 11.3 Å². The lowest BCUT2D eigenvalue weighted by Crippen LogP contribution is -2.54. The van der Waals surface area contributed by atoms with Gasteiger partial charge in [0, 0.05) is 19.0 Å². The van der Waals surface area contributed by atoms with Gasteiger partial charge in [-0.3, -0.25) is 4.79 Å². The van der Waals surface area contributed by atoms with Crippen LogP contribution < -0.4 is 0 Å². The van der Waals surface area contributed by atoms with Gasteiger partial charge in [0.15, 0.2) is 0 Å². The third-order valence-electron chi connectivity index (χ3n) is 4.77. The molecule has 1 saturated carbocycles. The molecule has 0 bridgehead atoms. The zero-order chi connectivity index (χ0) is 13.5. The van der Waals surface area contributed by atoms with Crippen molar-refractivity contribution in [1.82, 2.24) is 4.90 Å². The number of rotatable bonds is 1. The van der Waals surface area contributed by atoms with Gasteiger partial charge in [-0.05, 0) is 43.2 Å². The lowest BCUT2D eigenvalue weighted by Gasteiger charge is -2.47. The zero-order valence-electron chi connectivity index (χ0n) is 11.4. The van der Waals surface area contributed by atoms with Crippen molar-refractivity contribution in [2.75, 3.05) is 13.1 Å². The number of nitrogens with zero attached hydrogens (tertiary/aromatic N) is 1. The van der Waals surface area contributed by atoms with Crippen molar-refractivity contribution in [2.24, 2.45) is 5.92 Å². The van der Waals surface area contributed by atoms with E-state index in [2.05, 4.69) is 0 Å². The summed E-state index contributed by atoms with van der Waals surface area (Å²) in [5, 5.41) is 12.6. The molecule has 3 nitrogen and oxygen atoms in total. The average Bonchev–Trinajstić information content (AvgIpc) is 2.83. The van der Waals surface area contributed by atoms with Gasteiger partial charge < -0.3 is 10.0 Å². The lowest BCUT2D eigenvalue weighted by molar-refractivity contribution is -0.0885. The molecule has 2 unspecified atom stereocenters. The summed E-state index contributed by atoms with van der Waals surface area (Å²) < 4.78 is 0. The molecular weight excluding hydrogens is 258 g/mol. The second-order valence-electron chi connectivity index (χ2n) is 5.98. The highest BCUT2D eigenvalue weighted by Crippen LogP contribution is 2.40. The molecule has 0 spiro atoms. The van der Waals surface area contributed by atoms with E-state index < -0.39 is 5.60 Å². The standard InChI is InChI=1S/C15H21NO2S/c1-11-5-9-19-13(11)14(17)16-8-7-15(18)6-3-2-4-12(15)10-16/h5,9,12,18H,2-4,6-8,10H2,1H3. The predicted octanol–water partition coefficient (Wildman–Crippen LogP) is 2.82. The van der Waals surface area contributed by atoms with Crippen molar-refractivity contribution in [3.8, 4) is 0 Å². The van der Waals surface area contributed by atoms with Gasteiger partial charge in [0.05, 0.1) is 10.5 Å². The van der Waals surface area contributed by atoms with Gasteiger partial charge in [-0.15, -0.1) is 11.3 Å². The molecule has 2 heterocycles. The number of fused-ring (bicyclic) bond motifs is 1. The van der Waals surface area contributed by atoms with Crippen LogP contribution in [-0.2, 0) is 0 Å². The quantitative estimate of drug-likeness (QED) is 0.858. The minimum absolute atomic E-state index is 0.153. The van der Waals surface area contributed by atoms with Crippen molar-refractivity contribution >= 4 is 17.2 Å². The Morgan fingerprint density at radius 3 is 3.05 bits per heavy atom. The molecule has 0 radical (unpaired) electrons. The number of carbonyl (C=O) groups excluding carboxylic acids is 1. The van der Waals surface area contributed by atoms with E-state index in [1.54, 1.807) is 0 Å². The first kappa shape index (κ1) is 13.1. The predicted molar refractivity (Wildman–Crippen MR) is 76.5 cm³/mol. The molecule has 1 aromatic rings. The van der Waals surface area contributed by atoms with Crippen LogP contribution in [0.3, 0.4) is 0 Å². The van der Waals surface area contributed by atoms with E-state index in [0.717, 1.165) is 42.7 Å². The summed E-state index contributed by atoms with van der Waals surface area (Å²) in [5.74, 6) is 0.430. The van der Waals surface area contributed by atoms with Crippen LogP contribution in [0.25, 0.3) is 0 Å². The fourth-order valence-electron chi connectivity index (χ4n) is 3.49. The van der Waals surface area contributed by atoms with Gasteiger partial charge >= 0.3 is 0 Å². The molecule has 1 aliphatic carbocycles. The van der Waals surface area contributed by atoms with Crippen LogP contribution in [0, 0.1) is 12.8 Å². The Hall–Kier alpha value is -0.870. The third-order valence-corrected chi connectivity index (χ3v) is 5.78.